The van der Waals surface area contributed by atoms with Gasteiger partial charge in [0, 0.05) is 10.3 Å². The third-order valence-electron chi connectivity index (χ3n) is 2.73. The van der Waals surface area contributed by atoms with Crippen LogP contribution in [0.15, 0.2) is 0 Å². The summed E-state index contributed by atoms with van der Waals surface area (Å²) in [7, 11) is 0. The molecule has 0 unspecified atom stereocenters. The minimum Gasteiger partial charge on any atom is -0.153 e. The topological polar surface area (TPSA) is 25.8 Å². The first-order valence-corrected chi connectivity index (χ1v) is 5.90. The summed E-state index contributed by atoms with van der Waals surface area (Å²) in [5.74, 6) is 0. The Morgan fingerprint density at radius 2 is 2.14 bits per heavy atom. The summed E-state index contributed by atoms with van der Waals surface area (Å²) >= 11 is 8.01. The fraction of sp³-hybridized carbons (Fsp3) is 0.400. The van der Waals surface area contributed by atoms with Crippen LogP contribution in [0.4, 0.5) is 0 Å². The maximum atomic E-state index is 6.26. The minimum absolute atomic E-state index is 0.800. The van der Waals surface area contributed by atoms with Gasteiger partial charge in [-0.15, -0.1) is 16.4 Å². The minimum atomic E-state index is 0.800. The van der Waals surface area contributed by atoms with Crippen molar-refractivity contribution in [3.8, 4) is 0 Å². The van der Waals surface area contributed by atoms with Gasteiger partial charge in [0.05, 0.1) is 10.7 Å². The average molecular weight is 225 g/mol. The second kappa shape index (κ2) is 2.91. The largest absolute Gasteiger partial charge is 0.153 e. The van der Waals surface area contributed by atoms with Gasteiger partial charge in [-0.2, -0.15) is 5.10 Å². The molecule has 2 nitrogen and oxygen atoms in total. The van der Waals surface area contributed by atoms with E-state index in [4.69, 9.17) is 11.6 Å². The number of aromatic nitrogens is 2. The highest BCUT2D eigenvalue weighted by Crippen LogP contribution is 2.39. The SMILES string of the molecule is Cc1nnc2sc3c(c2c1Cl)CCC3. The van der Waals surface area contributed by atoms with Crippen LogP contribution < -0.4 is 0 Å². The molecule has 0 aliphatic heterocycles. The summed E-state index contributed by atoms with van der Waals surface area (Å²) in [6.07, 6.45) is 3.60. The number of hydrogen-bond donors (Lipinski definition) is 0. The van der Waals surface area contributed by atoms with Gasteiger partial charge in [-0.05, 0) is 31.7 Å². The molecule has 72 valence electrons. The fourth-order valence-corrected chi connectivity index (χ4v) is 3.55. The number of halogens is 1. The lowest BCUT2D eigenvalue weighted by Crippen LogP contribution is -1.88. The fourth-order valence-electron chi connectivity index (χ4n) is 2.03. The first-order chi connectivity index (χ1) is 6.77. The van der Waals surface area contributed by atoms with Crippen molar-refractivity contribution in [1.82, 2.24) is 10.2 Å². The van der Waals surface area contributed by atoms with Crippen LogP contribution in [0.3, 0.4) is 0 Å². The lowest BCUT2D eigenvalue weighted by molar-refractivity contribution is 0.916. The van der Waals surface area contributed by atoms with Crippen molar-refractivity contribution in [2.45, 2.75) is 26.2 Å². The molecule has 2 aromatic heterocycles. The Hall–Kier alpha value is -0.670. The zero-order chi connectivity index (χ0) is 9.71. The van der Waals surface area contributed by atoms with E-state index in [1.165, 1.54) is 23.3 Å². The molecule has 0 atom stereocenters. The van der Waals surface area contributed by atoms with E-state index in [2.05, 4.69) is 10.2 Å². The molecule has 14 heavy (non-hydrogen) atoms. The van der Waals surface area contributed by atoms with E-state index in [0.717, 1.165) is 27.4 Å². The Balaban J connectivity index is 2.46. The highest BCUT2D eigenvalue weighted by molar-refractivity contribution is 7.19. The lowest BCUT2D eigenvalue weighted by Gasteiger charge is -1.98. The molecule has 2 heterocycles. The molecule has 1 aliphatic carbocycles. The second-order valence-corrected chi connectivity index (χ2v) is 5.10. The van der Waals surface area contributed by atoms with Crippen LogP contribution in [0.25, 0.3) is 10.2 Å². The van der Waals surface area contributed by atoms with Crippen LogP contribution in [-0.4, -0.2) is 10.2 Å². The standard InChI is InChI=1S/C10H9ClN2S/c1-5-9(11)8-6-3-2-4-7(6)14-10(8)13-12-5/h2-4H2,1H3. The van der Waals surface area contributed by atoms with E-state index >= 15 is 0 Å². The Kier molecular flexibility index (Phi) is 1.79. The van der Waals surface area contributed by atoms with E-state index in [9.17, 15) is 0 Å². The Morgan fingerprint density at radius 3 is 3.00 bits per heavy atom. The molecule has 0 N–H and O–H groups in total. The van der Waals surface area contributed by atoms with Crippen molar-refractivity contribution in [3.05, 3.63) is 21.2 Å². The van der Waals surface area contributed by atoms with E-state index in [0.29, 0.717) is 0 Å². The molecule has 0 amide bonds. The number of aryl methyl sites for hydroxylation is 3. The van der Waals surface area contributed by atoms with Crippen LogP contribution in [0, 0.1) is 6.92 Å². The number of nitrogens with zero attached hydrogens (tertiary/aromatic N) is 2. The Labute approximate surface area is 90.9 Å². The zero-order valence-electron chi connectivity index (χ0n) is 7.80. The molecule has 0 spiro atoms. The van der Waals surface area contributed by atoms with E-state index in [-0.39, 0.29) is 0 Å². The van der Waals surface area contributed by atoms with Crippen molar-refractivity contribution in [1.29, 1.82) is 0 Å². The van der Waals surface area contributed by atoms with E-state index in [1.54, 1.807) is 11.3 Å². The molecule has 0 saturated carbocycles. The maximum Gasteiger partial charge on any atom is 0.148 e. The third-order valence-corrected chi connectivity index (χ3v) is 4.37. The zero-order valence-corrected chi connectivity index (χ0v) is 9.37. The van der Waals surface area contributed by atoms with Gasteiger partial charge >= 0.3 is 0 Å². The number of rotatable bonds is 0. The van der Waals surface area contributed by atoms with Crippen molar-refractivity contribution in [2.75, 3.05) is 0 Å². The van der Waals surface area contributed by atoms with Crippen molar-refractivity contribution < 1.29 is 0 Å². The predicted octanol–water partition coefficient (Wildman–Crippen LogP) is 3.14. The summed E-state index contributed by atoms with van der Waals surface area (Å²) in [6, 6.07) is 0. The molecule has 0 saturated heterocycles. The molecular formula is C10H9ClN2S. The van der Waals surface area contributed by atoms with Crippen molar-refractivity contribution in [2.24, 2.45) is 0 Å². The van der Waals surface area contributed by atoms with Gasteiger partial charge in [0.15, 0.2) is 0 Å². The third kappa shape index (κ3) is 1.03. The van der Waals surface area contributed by atoms with Crippen LogP contribution in [0.2, 0.25) is 5.02 Å². The monoisotopic (exact) mass is 224 g/mol. The summed E-state index contributed by atoms with van der Waals surface area (Å²) in [4.78, 5) is 2.46. The Morgan fingerprint density at radius 1 is 1.29 bits per heavy atom. The highest BCUT2D eigenvalue weighted by Gasteiger charge is 2.21. The van der Waals surface area contributed by atoms with Gasteiger partial charge < -0.3 is 0 Å². The summed E-state index contributed by atoms with van der Waals surface area (Å²) in [5.41, 5.74) is 2.26. The molecule has 0 bridgehead atoms. The Bertz CT molecular complexity index is 518. The molecule has 0 aromatic carbocycles. The summed E-state index contributed by atoms with van der Waals surface area (Å²) in [6.45, 7) is 1.91. The van der Waals surface area contributed by atoms with Crippen molar-refractivity contribution in [3.63, 3.8) is 0 Å². The van der Waals surface area contributed by atoms with Gasteiger partial charge in [-0.1, -0.05) is 11.6 Å². The van der Waals surface area contributed by atoms with Gasteiger partial charge in [-0.25, -0.2) is 0 Å². The van der Waals surface area contributed by atoms with Crippen LogP contribution in [0.1, 0.15) is 22.6 Å². The predicted molar refractivity (Wildman–Crippen MR) is 59.2 cm³/mol. The molecule has 0 fully saturated rings. The first-order valence-electron chi connectivity index (χ1n) is 4.70. The van der Waals surface area contributed by atoms with Gasteiger partial charge in [0.25, 0.3) is 0 Å². The highest BCUT2D eigenvalue weighted by atomic mass is 35.5. The van der Waals surface area contributed by atoms with Gasteiger partial charge in [-0.3, -0.25) is 0 Å². The molecular weight excluding hydrogens is 216 g/mol. The normalized spacial score (nSPS) is 15.0. The molecule has 4 heteroatoms. The van der Waals surface area contributed by atoms with Crippen LogP contribution >= 0.6 is 22.9 Å². The lowest BCUT2D eigenvalue weighted by atomic mass is 10.2. The van der Waals surface area contributed by atoms with Crippen molar-refractivity contribution >= 4 is 33.2 Å². The number of fused-ring (bicyclic) bond motifs is 3. The van der Waals surface area contributed by atoms with E-state index < -0.39 is 0 Å². The average Bonchev–Trinajstić information content (AvgIpc) is 2.70. The first kappa shape index (κ1) is 8.62. The van der Waals surface area contributed by atoms with Crippen LogP contribution in [-0.2, 0) is 12.8 Å². The molecule has 1 aliphatic rings. The maximum absolute atomic E-state index is 6.26. The molecule has 2 aromatic rings. The number of hydrogen-bond acceptors (Lipinski definition) is 3. The molecule has 3 rings (SSSR count). The van der Waals surface area contributed by atoms with Crippen LogP contribution in [0.5, 0.6) is 0 Å². The van der Waals surface area contributed by atoms with Gasteiger partial charge in [0.2, 0.25) is 0 Å². The smallest absolute Gasteiger partial charge is 0.148 e. The second-order valence-electron chi connectivity index (χ2n) is 3.64. The van der Waals surface area contributed by atoms with E-state index in [1.807, 2.05) is 6.92 Å². The summed E-state index contributed by atoms with van der Waals surface area (Å²) < 4.78 is 0. The quantitative estimate of drug-likeness (QED) is 0.687. The summed E-state index contributed by atoms with van der Waals surface area (Å²) in [5, 5.41) is 10.2. The molecule has 0 radical (unpaired) electrons. The number of thiophene rings is 1. The van der Waals surface area contributed by atoms with Gasteiger partial charge in [0.1, 0.15) is 4.83 Å².